The molecule has 0 aliphatic carbocycles. The van der Waals surface area contributed by atoms with Crippen LogP contribution in [0.2, 0.25) is 0 Å². The fourth-order valence-corrected chi connectivity index (χ4v) is 3.15. The SMILES string of the molecule is COc1ccc(-c2c(C(F)(F)F)nn(C)c2CC(=O)Cc2ccc(F)cc2F)cc1. The average Bonchev–Trinajstić information content (AvgIpc) is 3.01. The Morgan fingerprint density at radius 1 is 1.07 bits per heavy atom. The fourth-order valence-electron chi connectivity index (χ4n) is 3.15. The predicted molar refractivity (Wildman–Crippen MR) is 99.0 cm³/mol. The van der Waals surface area contributed by atoms with Gasteiger partial charge in [-0.05, 0) is 29.3 Å². The van der Waals surface area contributed by atoms with E-state index in [2.05, 4.69) is 5.10 Å². The normalized spacial score (nSPS) is 11.6. The maximum atomic E-state index is 13.8. The number of ether oxygens (including phenoxy) is 1. The molecule has 0 aliphatic rings. The van der Waals surface area contributed by atoms with E-state index in [0.29, 0.717) is 11.8 Å². The third-order valence-corrected chi connectivity index (χ3v) is 4.58. The summed E-state index contributed by atoms with van der Waals surface area (Å²) < 4.78 is 73.6. The van der Waals surface area contributed by atoms with Crippen LogP contribution >= 0.6 is 0 Å². The molecule has 30 heavy (non-hydrogen) atoms. The Morgan fingerprint density at radius 2 is 1.73 bits per heavy atom. The van der Waals surface area contributed by atoms with Crippen molar-refractivity contribution >= 4 is 5.78 Å². The highest BCUT2D eigenvalue weighted by molar-refractivity contribution is 5.85. The van der Waals surface area contributed by atoms with Crippen molar-refractivity contribution in [3.63, 3.8) is 0 Å². The summed E-state index contributed by atoms with van der Waals surface area (Å²) in [5, 5.41) is 3.57. The van der Waals surface area contributed by atoms with Crippen LogP contribution in [0, 0.1) is 11.6 Å². The molecule has 3 aromatic rings. The summed E-state index contributed by atoms with van der Waals surface area (Å²) in [6, 6.07) is 8.69. The van der Waals surface area contributed by atoms with Crippen LogP contribution in [0.4, 0.5) is 22.0 Å². The number of carbonyl (C=O) groups excluding carboxylic acids is 1. The maximum absolute atomic E-state index is 13.8. The molecule has 0 radical (unpaired) electrons. The molecule has 4 nitrogen and oxygen atoms in total. The molecule has 0 fully saturated rings. The summed E-state index contributed by atoms with van der Waals surface area (Å²) >= 11 is 0. The van der Waals surface area contributed by atoms with Crippen molar-refractivity contribution in [2.24, 2.45) is 7.05 Å². The number of aryl methyl sites for hydroxylation is 1. The fraction of sp³-hybridized carbons (Fsp3) is 0.238. The van der Waals surface area contributed by atoms with Crippen LogP contribution in [0.5, 0.6) is 5.75 Å². The third-order valence-electron chi connectivity index (χ3n) is 4.58. The second-order valence-electron chi connectivity index (χ2n) is 6.65. The van der Waals surface area contributed by atoms with Gasteiger partial charge in [-0.15, -0.1) is 0 Å². The van der Waals surface area contributed by atoms with Gasteiger partial charge in [-0.1, -0.05) is 18.2 Å². The summed E-state index contributed by atoms with van der Waals surface area (Å²) in [5.74, 6) is -1.75. The van der Waals surface area contributed by atoms with Gasteiger partial charge in [0.15, 0.2) is 5.69 Å². The predicted octanol–water partition coefficient (Wildman–Crippen LogP) is 4.75. The molecule has 0 spiro atoms. The van der Waals surface area contributed by atoms with E-state index >= 15 is 0 Å². The highest BCUT2D eigenvalue weighted by Gasteiger charge is 2.39. The lowest BCUT2D eigenvalue weighted by Gasteiger charge is -2.10. The third kappa shape index (κ3) is 4.50. The van der Waals surface area contributed by atoms with Gasteiger partial charge >= 0.3 is 6.18 Å². The zero-order valence-corrected chi connectivity index (χ0v) is 16.1. The van der Waals surface area contributed by atoms with Crippen molar-refractivity contribution in [2.45, 2.75) is 19.0 Å². The lowest BCUT2D eigenvalue weighted by Crippen LogP contribution is -2.12. The summed E-state index contributed by atoms with van der Waals surface area (Å²) in [6.45, 7) is 0. The number of benzene rings is 2. The number of ketones is 1. The largest absolute Gasteiger partial charge is 0.497 e. The Kier molecular flexibility index (Phi) is 5.91. The molecule has 0 bridgehead atoms. The number of rotatable bonds is 6. The lowest BCUT2D eigenvalue weighted by molar-refractivity contribution is -0.141. The molecule has 0 unspecified atom stereocenters. The maximum Gasteiger partial charge on any atom is 0.435 e. The van der Waals surface area contributed by atoms with Gasteiger partial charge in [-0.25, -0.2) is 8.78 Å². The van der Waals surface area contributed by atoms with Gasteiger partial charge in [0.2, 0.25) is 0 Å². The van der Waals surface area contributed by atoms with Crippen LogP contribution < -0.4 is 4.74 Å². The molecular weight excluding hydrogens is 407 g/mol. The van der Waals surface area contributed by atoms with Crippen molar-refractivity contribution in [1.29, 1.82) is 0 Å². The molecule has 9 heteroatoms. The van der Waals surface area contributed by atoms with Crippen LogP contribution in [-0.4, -0.2) is 22.7 Å². The van der Waals surface area contributed by atoms with Crippen molar-refractivity contribution in [1.82, 2.24) is 9.78 Å². The van der Waals surface area contributed by atoms with Crippen molar-refractivity contribution in [3.05, 3.63) is 71.1 Å². The molecule has 0 N–H and O–H groups in total. The molecule has 0 saturated heterocycles. The number of halogens is 5. The number of alkyl halides is 3. The van der Waals surface area contributed by atoms with E-state index in [4.69, 9.17) is 4.74 Å². The average molecular weight is 424 g/mol. The van der Waals surface area contributed by atoms with Crippen molar-refractivity contribution < 1.29 is 31.5 Å². The monoisotopic (exact) mass is 424 g/mol. The zero-order chi connectivity index (χ0) is 22.1. The second kappa shape index (κ2) is 8.25. The quantitative estimate of drug-likeness (QED) is 0.537. The Bertz CT molecular complexity index is 1070. The van der Waals surface area contributed by atoms with Gasteiger partial charge in [-0.3, -0.25) is 9.48 Å². The summed E-state index contributed by atoms with van der Waals surface area (Å²) in [4.78, 5) is 12.5. The summed E-state index contributed by atoms with van der Waals surface area (Å²) in [6.07, 6.45) is -5.53. The number of methoxy groups -OCH3 is 1. The topological polar surface area (TPSA) is 44.1 Å². The first kappa shape index (κ1) is 21.5. The van der Waals surface area contributed by atoms with Crippen LogP contribution in [0.1, 0.15) is 17.0 Å². The number of carbonyl (C=O) groups is 1. The summed E-state index contributed by atoms with van der Waals surface area (Å²) in [5.41, 5.74) is -1.12. The van der Waals surface area contributed by atoms with E-state index in [1.165, 1.54) is 38.4 Å². The highest BCUT2D eigenvalue weighted by atomic mass is 19.4. The van der Waals surface area contributed by atoms with E-state index in [0.717, 1.165) is 16.8 Å². The van der Waals surface area contributed by atoms with Crippen LogP contribution in [-0.2, 0) is 30.9 Å². The number of hydrogen-bond acceptors (Lipinski definition) is 3. The van der Waals surface area contributed by atoms with E-state index in [1.807, 2.05) is 0 Å². The zero-order valence-electron chi connectivity index (χ0n) is 16.1. The molecule has 3 rings (SSSR count). The van der Waals surface area contributed by atoms with Crippen LogP contribution in [0.25, 0.3) is 11.1 Å². The van der Waals surface area contributed by atoms with Gasteiger partial charge in [0.1, 0.15) is 23.2 Å². The highest BCUT2D eigenvalue weighted by Crippen LogP contribution is 2.39. The van der Waals surface area contributed by atoms with Gasteiger partial charge in [0.25, 0.3) is 0 Å². The minimum absolute atomic E-state index is 0.0365. The van der Waals surface area contributed by atoms with E-state index in [-0.39, 0.29) is 28.8 Å². The molecule has 2 aromatic carbocycles. The number of hydrogen-bond donors (Lipinski definition) is 0. The smallest absolute Gasteiger partial charge is 0.435 e. The van der Waals surface area contributed by atoms with Crippen molar-refractivity contribution in [2.75, 3.05) is 7.11 Å². The van der Waals surface area contributed by atoms with Gasteiger partial charge in [0.05, 0.1) is 12.8 Å². The number of Topliss-reactive ketones (excluding diaryl/α,β-unsaturated/α-hetero) is 1. The van der Waals surface area contributed by atoms with Crippen molar-refractivity contribution in [3.8, 4) is 16.9 Å². The Balaban J connectivity index is 1.99. The Labute approximate surface area is 168 Å². The molecule has 158 valence electrons. The minimum Gasteiger partial charge on any atom is -0.497 e. The first-order valence-corrected chi connectivity index (χ1v) is 8.83. The first-order chi connectivity index (χ1) is 14.1. The molecule has 1 heterocycles. The molecule has 0 atom stereocenters. The second-order valence-corrected chi connectivity index (χ2v) is 6.65. The molecular formula is C21H17F5N2O2. The van der Waals surface area contributed by atoms with Crippen LogP contribution in [0.15, 0.2) is 42.5 Å². The van der Waals surface area contributed by atoms with Gasteiger partial charge < -0.3 is 4.74 Å². The van der Waals surface area contributed by atoms with E-state index in [1.54, 1.807) is 0 Å². The molecule has 1 aromatic heterocycles. The Morgan fingerprint density at radius 3 is 2.30 bits per heavy atom. The van der Waals surface area contributed by atoms with Gasteiger partial charge in [-0.2, -0.15) is 18.3 Å². The summed E-state index contributed by atoms with van der Waals surface area (Å²) in [7, 11) is 2.74. The number of nitrogens with zero attached hydrogens (tertiary/aromatic N) is 2. The van der Waals surface area contributed by atoms with Gasteiger partial charge in [0, 0.05) is 31.5 Å². The molecule has 0 saturated carbocycles. The standard InChI is InChI=1S/C21H17F5N2O2/c1-28-18(11-15(29)9-13-3-6-14(22)10-17(13)23)19(20(27-28)21(24,25)26)12-4-7-16(30-2)8-5-12/h3-8,10H,9,11H2,1-2H3. The van der Waals surface area contributed by atoms with E-state index < -0.39 is 35.7 Å². The number of aromatic nitrogens is 2. The van der Waals surface area contributed by atoms with Crippen LogP contribution in [0.3, 0.4) is 0 Å². The molecule has 0 aliphatic heterocycles. The minimum atomic E-state index is -4.74. The first-order valence-electron chi connectivity index (χ1n) is 8.83. The molecule has 0 amide bonds. The van der Waals surface area contributed by atoms with E-state index in [9.17, 15) is 26.7 Å². The Hall–Kier alpha value is -3.23. The lowest BCUT2D eigenvalue weighted by atomic mass is 9.97.